The van der Waals surface area contributed by atoms with Crippen molar-refractivity contribution < 1.29 is 27.9 Å². The van der Waals surface area contributed by atoms with Crippen molar-refractivity contribution in [3.05, 3.63) is 52.2 Å². The Morgan fingerprint density at radius 2 is 2.22 bits per heavy atom. The molecule has 3 amide bonds. The Balaban J connectivity index is 1.65. The summed E-state index contributed by atoms with van der Waals surface area (Å²) in [7, 11) is 2.99. The van der Waals surface area contributed by atoms with Crippen LogP contribution in [0.25, 0.3) is 0 Å². The molecule has 9 nitrogen and oxygen atoms in total. The van der Waals surface area contributed by atoms with Crippen LogP contribution in [0.3, 0.4) is 0 Å². The first-order valence-electron chi connectivity index (χ1n) is 9.70. The first-order chi connectivity index (χ1) is 15.3. The second-order valence-electron chi connectivity index (χ2n) is 7.66. The Kier molecular flexibility index (Phi) is 5.74. The second-order valence-corrected chi connectivity index (χ2v) is 8.17. The number of carbonyl (C=O) groups excluding carboxylic acids is 3. The summed E-state index contributed by atoms with van der Waals surface area (Å²) < 4.78 is 25.3. The molecule has 0 saturated carbocycles. The average molecular weight is 463 g/mol. The molecule has 2 aliphatic rings. The van der Waals surface area contributed by atoms with Gasteiger partial charge in [-0.3, -0.25) is 24.8 Å². The molecule has 2 atom stereocenters. The second kappa shape index (κ2) is 8.36. The number of alkyl halides is 1. The van der Waals surface area contributed by atoms with Gasteiger partial charge in [0.25, 0.3) is 5.91 Å². The number of ether oxygens (including phenoxy) is 1. The molecule has 1 aromatic carbocycles. The summed E-state index contributed by atoms with van der Waals surface area (Å²) in [6.45, 7) is 0.107. The van der Waals surface area contributed by atoms with Gasteiger partial charge in [0.2, 0.25) is 0 Å². The highest BCUT2D eigenvalue weighted by atomic mass is 35.5. The van der Waals surface area contributed by atoms with E-state index in [2.05, 4.69) is 15.6 Å². The van der Waals surface area contributed by atoms with E-state index < -0.39 is 28.8 Å². The van der Waals surface area contributed by atoms with Gasteiger partial charge in [0.15, 0.2) is 23.4 Å². The number of aldehydes is 1. The minimum Gasteiger partial charge on any atom is -0.494 e. The summed E-state index contributed by atoms with van der Waals surface area (Å²) in [6.07, 6.45) is 2.33. The summed E-state index contributed by atoms with van der Waals surface area (Å²) in [4.78, 5) is 42.2. The SMILES string of the molecule is COc1ccc(CN(C)C[C@@]2(c3cc4c(o3)CC(Cl)N=C4)NC(=O)NC2=O)c(C=O)c1F. The number of methoxy groups -OCH3 is 1. The maximum Gasteiger partial charge on any atom is 0.322 e. The molecule has 2 aromatic rings. The molecular weight excluding hydrogens is 443 g/mol. The predicted octanol–water partition coefficient (Wildman–Crippen LogP) is 1.95. The van der Waals surface area contributed by atoms with Crippen molar-refractivity contribution in [2.75, 3.05) is 20.7 Å². The maximum atomic E-state index is 14.5. The highest BCUT2D eigenvalue weighted by Gasteiger charge is 2.51. The maximum absolute atomic E-state index is 14.5. The summed E-state index contributed by atoms with van der Waals surface area (Å²) in [5, 5.41) is 4.90. The molecule has 32 heavy (non-hydrogen) atoms. The number of aliphatic imine (C=N–C) groups is 1. The Hall–Kier alpha value is -3.24. The molecule has 2 aliphatic heterocycles. The Labute approximate surface area is 187 Å². The molecule has 0 aliphatic carbocycles. The van der Waals surface area contributed by atoms with Crippen molar-refractivity contribution >= 4 is 36.0 Å². The third-order valence-corrected chi connectivity index (χ3v) is 5.72. The predicted molar refractivity (Wildman–Crippen MR) is 113 cm³/mol. The summed E-state index contributed by atoms with van der Waals surface area (Å²) in [5.41, 5.74) is -1.06. The van der Waals surface area contributed by atoms with Crippen molar-refractivity contribution in [2.45, 2.75) is 24.0 Å². The van der Waals surface area contributed by atoms with Crippen LogP contribution in [0.15, 0.2) is 27.6 Å². The lowest BCUT2D eigenvalue weighted by atomic mass is 9.94. The van der Waals surface area contributed by atoms with Crippen LogP contribution in [0.4, 0.5) is 9.18 Å². The molecule has 1 aromatic heterocycles. The number of benzene rings is 1. The van der Waals surface area contributed by atoms with Crippen molar-refractivity contribution in [1.82, 2.24) is 15.5 Å². The molecule has 11 heteroatoms. The Morgan fingerprint density at radius 1 is 1.44 bits per heavy atom. The fourth-order valence-corrected chi connectivity index (χ4v) is 4.13. The van der Waals surface area contributed by atoms with E-state index in [-0.39, 0.29) is 30.2 Å². The van der Waals surface area contributed by atoms with E-state index in [4.69, 9.17) is 20.8 Å². The fraction of sp³-hybridized carbons (Fsp3) is 0.333. The molecule has 0 radical (unpaired) electrons. The number of amides is 3. The van der Waals surface area contributed by atoms with Gasteiger partial charge >= 0.3 is 6.03 Å². The number of nitrogens with zero attached hydrogens (tertiary/aromatic N) is 2. The number of fused-ring (bicyclic) bond motifs is 1. The number of carbonyl (C=O) groups is 3. The number of halogens is 2. The van der Waals surface area contributed by atoms with Gasteiger partial charge < -0.3 is 14.5 Å². The van der Waals surface area contributed by atoms with Crippen molar-refractivity contribution in [2.24, 2.45) is 4.99 Å². The third-order valence-electron chi connectivity index (χ3n) is 5.45. The number of likely N-dealkylation sites (N-methyl/N-ethyl adjacent to an activating group) is 1. The molecule has 1 saturated heterocycles. The molecule has 4 rings (SSSR count). The average Bonchev–Trinajstić information content (AvgIpc) is 3.28. The van der Waals surface area contributed by atoms with E-state index in [1.54, 1.807) is 30.3 Å². The van der Waals surface area contributed by atoms with E-state index in [0.29, 0.717) is 29.6 Å². The smallest absolute Gasteiger partial charge is 0.322 e. The topological polar surface area (TPSA) is 113 Å². The van der Waals surface area contributed by atoms with E-state index >= 15 is 0 Å². The van der Waals surface area contributed by atoms with Gasteiger partial charge in [-0.1, -0.05) is 17.7 Å². The third kappa shape index (κ3) is 3.76. The van der Waals surface area contributed by atoms with Gasteiger partial charge in [0, 0.05) is 31.3 Å². The Bertz CT molecular complexity index is 1130. The highest BCUT2D eigenvalue weighted by Crippen LogP contribution is 2.33. The van der Waals surface area contributed by atoms with E-state index in [1.165, 1.54) is 13.2 Å². The van der Waals surface area contributed by atoms with Crippen LogP contribution in [0.5, 0.6) is 5.75 Å². The van der Waals surface area contributed by atoms with Crippen molar-refractivity contribution in [3.8, 4) is 5.75 Å². The lowest BCUT2D eigenvalue weighted by Gasteiger charge is -2.29. The number of nitrogens with one attached hydrogen (secondary N) is 2. The normalized spacial score (nSPS) is 22.0. The Morgan fingerprint density at radius 3 is 2.88 bits per heavy atom. The van der Waals surface area contributed by atoms with Crippen molar-refractivity contribution in [1.29, 1.82) is 0 Å². The van der Waals surface area contributed by atoms with Gasteiger partial charge in [-0.25, -0.2) is 9.18 Å². The van der Waals surface area contributed by atoms with Crippen LogP contribution in [-0.2, 0) is 23.3 Å². The minimum atomic E-state index is -1.52. The van der Waals surface area contributed by atoms with Crippen LogP contribution in [0, 0.1) is 5.82 Å². The summed E-state index contributed by atoms with van der Waals surface area (Å²) in [6, 6.07) is 3.98. The molecule has 168 valence electrons. The number of hydrogen-bond donors (Lipinski definition) is 2. The number of furan rings is 1. The monoisotopic (exact) mass is 462 g/mol. The fourth-order valence-electron chi connectivity index (χ4n) is 3.93. The lowest BCUT2D eigenvalue weighted by molar-refractivity contribution is -0.125. The van der Waals surface area contributed by atoms with Crippen LogP contribution >= 0.6 is 11.6 Å². The molecule has 1 fully saturated rings. The molecule has 0 bridgehead atoms. The summed E-state index contributed by atoms with van der Waals surface area (Å²) >= 11 is 6.05. The first-order valence-corrected chi connectivity index (χ1v) is 10.1. The van der Waals surface area contributed by atoms with Gasteiger partial charge in [-0.2, -0.15) is 0 Å². The minimum absolute atomic E-state index is 0.00956. The van der Waals surface area contributed by atoms with E-state index in [9.17, 15) is 18.8 Å². The molecule has 3 heterocycles. The standard InChI is InChI=1S/C21H20ClFN4O5/c1-27(8-11-3-4-14(31-2)18(23)13(11)9-28)10-21(19(29)25-20(30)26-21)16-5-12-7-24-17(22)6-15(12)32-16/h3-5,7,9,17H,6,8,10H2,1-2H3,(H2,25,26,29,30)/t17?,21-/m0/s1. The zero-order valence-corrected chi connectivity index (χ0v) is 18.0. The first kappa shape index (κ1) is 22.0. The number of urea groups is 1. The molecule has 1 unspecified atom stereocenters. The molecule has 2 N–H and O–H groups in total. The quantitative estimate of drug-likeness (QED) is 0.281. The highest BCUT2D eigenvalue weighted by molar-refractivity contribution is 6.21. The lowest BCUT2D eigenvalue weighted by Crippen LogP contribution is -2.51. The number of rotatable bonds is 7. The molecular formula is C21H20ClFN4O5. The van der Waals surface area contributed by atoms with Gasteiger partial charge in [-0.15, -0.1) is 0 Å². The summed E-state index contributed by atoms with van der Waals surface area (Å²) in [5.74, 6) is -0.601. The zero-order chi connectivity index (χ0) is 23.0. The van der Waals surface area contributed by atoms with Gasteiger partial charge in [0.05, 0.1) is 12.7 Å². The van der Waals surface area contributed by atoms with E-state index in [0.717, 1.165) is 0 Å². The van der Waals surface area contributed by atoms with Crippen molar-refractivity contribution in [3.63, 3.8) is 0 Å². The largest absolute Gasteiger partial charge is 0.494 e. The van der Waals surface area contributed by atoms with Crippen LogP contribution in [0.2, 0.25) is 0 Å². The number of imide groups is 1. The van der Waals surface area contributed by atoms with Gasteiger partial charge in [-0.05, 0) is 24.7 Å². The van der Waals surface area contributed by atoms with Crippen LogP contribution in [0.1, 0.15) is 33.0 Å². The number of hydrogen-bond acceptors (Lipinski definition) is 7. The van der Waals surface area contributed by atoms with Gasteiger partial charge in [0.1, 0.15) is 17.0 Å². The van der Waals surface area contributed by atoms with Crippen LogP contribution in [-0.4, -0.2) is 55.5 Å². The molecule has 0 spiro atoms. The van der Waals surface area contributed by atoms with E-state index in [1.807, 2.05) is 0 Å². The zero-order valence-electron chi connectivity index (χ0n) is 17.3. The van der Waals surface area contributed by atoms with Crippen LogP contribution < -0.4 is 15.4 Å².